The molecule has 1 aromatic carbocycles. The van der Waals surface area contributed by atoms with Crippen molar-refractivity contribution < 1.29 is 13.2 Å². The molecule has 6 nitrogen and oxygen atoms in total. The van der Waals surface area contributed by atoms with Crippen molar-refractivity contribution in [1.29, 1.82) is 0 Å². The molecule has 8 heteroatoms. The molecule has 1 aromatic rings. The minimum absolute atomic E-state index is 0. The Balaban J connectivity index is 0.00000243. The molecule has 146 valence electrons. The second-order valence-electron chi connectivity index (χ2n) is 7.05. The first-order valence-electron chi connectivity index (χ1n) is 9.14. The van der Waals surface area contributed by atoms with Gasteiger partial charge in [-0.3, -0.25) is 4.79 Å². The number of nitrogens with two attached hydrogens (primary N) is 1. The lowest BCUT2D eigenvalue weighted by Crippen LogP contribution is -2.41. The third kappa shape index (κ3) is 4.76. The van der Waals surface area contributed by atoms with Gasteiger partial charge in [-0.05, 0) is 50.7 Å². The van der Waals surface area contributed by atoms with Crippen molar-refractivity contribution in [2.75, 3.05) is 13.1 Å². The zero-order valence-electron chi connectivity index (χ0n) is 14.9. The molecule has 3 rings (SSSR count). The van der Waals surface area contributed by atoms with Crippen LogP contribution in [0.15, 0.2) is 29.2 Å². The van der Waals surface area contributed by atoms with Crippen LogP contribution in [0.5, 0.6) is 0 Å². The number of hydrogen-bond donors (Lipinski definition) is 2. The summed E-state index contributed by atoms with van der Waals surface area (Å²) in [6.07, 6.45) is 6.25. The van der Waals surface area contributed by atoms with E-state index >= 15 is 0 Å². The molecule has 0 atom stereocenters. The SMILES string of the molecule is Cl.NC1CCC(NC(=O)c2ccccc2S(=O)(=O)N2CCCCC2)CC1. The minimum atomic E-state index is -3.63. The summed E-state index contributed by atoms with van der Waals surface area (Å²) >= 11 is 0. The highest BCUT2D eigenvalue weighted by molar-refractivity contribution is 7.89. The Morgan fingerprint density at radius 2 is 1.65 bits per heavy atom. The third-order valence-electron chi connectivity index (χ3n) is 5.17. The van der Waals surface area contributed by atoms with Crippen LogP contribution in [0.3, 0.4) is 0 Å². The van der Waals surface area contributed by atoms with Crippen LogP contribution >= 0.6 is 12.4 Å². The van der Waals surface area contributed by atoms with Gasteiger partial charge in [-0.2, -0.15) is 4.31 Å². The maximum absolute atomic E-state index is 13.0. The van der Waals surface area contributed by atoms with Gasteiger partial charge in [0.15, 0.2) is 0 Å². The number of hydrogen-bond acceptors (Lipinski definition) is 4. The Morgan fingerprint density at radius 1 is 1.04 bits per heavy atom. The van der Waals surface area contributed by atoms with Crippen LogP contribution in [0.25, 0.3) is 0 Å². The normalized spacial score (nSPS) is 24.5. The van der Waals surface area contributed by atoms with Crippen molar-refractivity contribution in [3.8, 4) is 0 Å². The van der Waals surface area contributed by atoms with Gasteiger partial charge >= 0.3 is 0 Å². The molecule has 0 radical (unpaired) electrons. The first-order valence-corrected chi connectivity index (χ1v) is 10.6. The maximum Gasteiger partial charge on any atom is 0.252 e. The van der Waals surface area contributed by atoms with Crippen molar-refractivity contribution in [3.05, 3.63) is 29.8 Å². The summed E-state index contributed by atoms with van der Waals surface area (Å²) in [4.78, 5) is 12.8. The van der Waals surface area contributed by atoms with Crippen molar-refractivity contribution in [2.45, 2.75) is 61.9 Å². The van der Waals surface area contributed by atoms with Crippen LogP contribution in [0.2, 0.25) is 0 Å². The van der Waals surface area contributed by atoms with Crippen LogP contribution in [-0.2, 0) is 10.0 Å². The van der Waals surface area contributed by atoms with Crippen LogP contribution in [0.1, 0.15) is 55.3 Å². The van der Waals surface area contributed by atoms with Crippen molar-refractivity contribution >= 4 is 28.3 Å². The number of halogens is 1. The number of sulfonamides is 1. The number of carbonyl (C=O) groups is 1. The number of benzene rings is 1. The first kappa shape index (κ1) is 21.2. The summed E-state index contributed by atoms with van der Waals surface area (Å²) < 4.78 is 27.5. The summed E-state index contributed by atoms with van der Waals surface area (Å²) in [5.41, 5.74) is 6.14. The molecule has 1 saturated heterocycles. The molecule has 1 heterocycles. The summed E-state index contributed by atoms with van der Waals surface area (Å²) in [6, 6.07) is 6.79. The zero-order chi connectivity index (χ0) is 17.9. The van der Waals surface area contributed by atoms with E-state index in [1.54, 1.807) is 18.2 Å². The van der Waals surface area contributed by atoms with E-state index < -0.39 is 10.0 Å². The highest BCUT2D eigenvalue weighted by atomic mass is 35.5. The van der Waals surface area contributed by atoms with E-state index in [-0.39, 0.29) is 40.9 Å². The average molecular weight is 402 g/mol. The Labute approximate surface area is 162 Å². The van der Waals surface area contributed by atoms with Gasteiger partial charge in [0, 0.05) is 25.2 Å². The predicted molar refractivity (Wildman–Crippen MR) is 104 cm³/mol. The topological polar surface area (TPSA) is 92.5 Å². The van der Waals surface area contributed by atoms with Crippen LogP contribution in [0.4, 0.5) is 0 Å². The second kappa shape index (κ2) is 9.17. The average Bonchev–Trinajstić information content (AvgIpc) is 2.64. The second-order valence-corrected chi connectivity index (χ2v) is 8.95. The molecule has 1 amide bonds. The number of rotatable bonds is 4. The summed E-state index contributed by atoms with van der Waals surface area (Å²) in [6.45, 7) is 1.05. The Morgan fingerprint density at radius 3 is 2.31 bits per heavy atom. The molecule has 2 aliphatic rings. The molecular weight excluding hydrogens is 374 g/mol. The van der Waals surface area contributed by atoms with E-state index in [9.17, 15) is 13.2 Å². The summed E-state index contributed by atoms with van der Waals surface area (Å²) in [7, 11) is -3.63. The van der Waals surface area contributed by atoms with E-state index in [4.69, 9.17) is 5.73 Å². The summed E-state index contributed by atoms with van der Waals surface area (Å²) in [5, 5.41) is 2.99. The lowest BCUT2D eigenvalue weighted by atomic mass is 9.91. The van der Waals surface area contributed by atoms with Gasteiger partial charge in [-0.1, -0.05) is 18.6 Å². The van der Waals surface area contributed by atoms with Gasteiger partial charge in [-0.15, -0.1) is 12.4 Å². The fourth-order valence-corrected chi connectivity index (χ4v) is 5.36. The molecule has 0 unspecified atom stereocenters. The van der Waals surface area contributed by atoms with Crippen molar-refractivity contribution in [3.63, 3.8) is 0 Å². The van der Waals surface area contributed by atoms with Crippen molar-refractivity contribution in [2.24, 2.45) is 5.73 Å². The monoisotopic (exact) mass is 401 g/mol. The number of carbonyl (C=O) groups excluding carboxylic acids is 1. The van der Waals surface area contributed by atoms with E-state index in [1.807, 2.05) is 0 Å². The number of amides is 1. The van der Waals surface area contributed by atoms with Crippen LogP contribution < -0.4 is 11.1 Å². The minimum Gasteiger partial charge on any atom is -0.349 e. The van der Waals surface area contributed by atoms with Crippen LogP contribution in [-0.4, -0.2) is 43.8 Å². The van der Waals surface area contributed by atoms with Gasteiger partial charge in [0.05, 0.1) is 10.5 Å². The lowest BCUT2D eigenvalue weighted by molar-refractivity contribution is 0.0922. The van der Waals surface area contributed by atoms with E-state index in [2.05, 4.69) is 5.32 Å². The van der Waals surface area contributed by atoms with Gasteiger partial charge in [-0.25, -0.2) is 8.42 Å². The smallest absolute Gasteiger partial charge is 0.252 e. The number of nitrogens with one attached hydrogen (secondary N) is 1. The van der Waals surface area contributed by atoms with Gasteiger partial charge in [0.25, 0.3) is 5.91 Å². The quantitative estimate of drug-likeness (QED) is 0.809. The molecule has 26 heavy (non-hydrogen) atoms. The van der Waals surface area contributed by atoms with Gasteiger partial charge in [0.2, 0.25) is 10.0 Å². The Kier molecular flexibility index (Phi) is 7.46. The van der Waals surface area contributed by atoms with Crippen molar-refractivity contribution in [1.82, 2.24) is 9.62 Å². The fourth-order valence-electron chi connectivity index (χ4n) is 3.65. The van der Waals surface area contributed by atoms with E-state index in [0.717, 1.165) is 44.9 Å². The van der Waals surface area contributed by atoms with E-state index in [0.29, 0.717) is 13.1 Å². The maximum atomic E-state index is 13.0. The molecular formula is C18H28ClN3O3S. The molecule has 0 aromatic heterocycles. The third-order valence-corrected chi connectivity index (χ3v) is 7.13. The predicted octanol–water partition coefficient (Wildman–Crippen LogP) is 2.28. The highest BCUT2D eigenvalue weighted by Gasteiger charge is 2.30. The van der Waals surface area contributed by atoms with E-state index in [1.165, 1.54) is 10.4 Å². The lowest BCUT2D eigenvalue weighted by Gasteiger charge is -2.28. The van der Waals surface area contributed by atoms with Gasteiger partial charge in [0.1, 0.15) is 0 Å². The standard InChI is InChI=1S/C18H27N3O3S.ClH/c19-14-8-10-15(11-9-14)20-18(22)16-6-2-3-7-17(16)25(23,24)21-12-4-1-5-13-21;/h2-3,6-7,14-15H,1,4-5,8-13,19H2,(H,20,22);1H. The molecule has 2 fully saturated rings. The summed E-state index contributed by atoms with van der Waals surface area (Å²) in [5.74, 6) is -0.309. The van der Waals surface area contributed by atoms with Crippen LogP contribution in [0, 0.1) is 0 Å². The fraction of sp³-hybridized carbons (Fsp3) is 0.611. The Hall–Kier alpha value is -1.15. The Bertz CT molecular complexity index is 712. The number of nitrogens with zero attached hydrogens (tertiary/aromatic N) is 1. The molecule has 3 N–H and O–H groups in total. The first-order chi connectivity index (χ1) is 12.0. The zero-order valence-corrected chi connectivity index (χ0v) is 16.5. The molecule has 1 saturated carbocycles. The molecule has 0 spiro atoms. The largest absolute Gasteiger partial charge is 0.349 e. The van der Waals surface area contributed by atoms with Gasteiger partial charge < -0.3 is 11.1 Å². The number of piperidine rings is 1. The molecule has 1 aliphatic heterocycles. The molecule has 0 bridgehead atoms. The molecule has 1 aliphatic carbocycles. The highest BCUT2D eigenvalue weighted by Crippen LogP contribution is 2.24.